The highest BCUT2D eigenvalue weighted by atomic mass is 19.3. The topological polar surface area (TPSA) is 42.0 Å². The van der Waals surface area contributed by atoms with Crippen LogP contribution in [0.2, 0.25) is 0 Å². The van der Waals surface area contributed by atoms with Crippen LogP contribution in [-0.2, 0) is 0 Å². The van der Waals surface area contributed by atoms with E-state index in [1.807, 2.05) is 12.1 Å². The summed E-state index contributed by atoms with van der Waals surface area (Å²) in [5, 5.41) is 0. The molecule has 144 valence electrons. The molecule has 0 radical (unpaired) electrons. The van der Waals surface area contributed by atoms with Gasteiger partial charge in [0, 0.05) is 37.4 Å². The Kier molecular flexibility index (Phi) is 5.78. The number of benzene rings is 2. The molecular formula is C20H22F2N2O3. The van der Waals surface area contributed by atoms with Crippen LogP contribution in [0, 0.1) is 6.92 Å². The number of carbonyl (C=O) groups is 1. The lowest BCUT2D eigenvalue weighted by Gasteiger charge is -2.36. The van der Waals surface area contributed by atoms with Crippen LogP contribution in [0.25, 0.3) is 0 Å². The fourth-order valence-electron chi connectivity index (χ4n) is 3.25. The molecule has 27 heavy (non-hydrogen) atoms. The summed E-state index contributed by atoms with van der Waals surface area (Å²) in [6.07, 6.45) is 0. The van der Waals surface area contributed by atoms with Gasteiger partial charge in [0.15, 0.2) is 11.5 Å². The largest absolute Gasteiger partial charge is 0.493 e. The smallest absolute Gasteiger partial charge is 0.387 e. The highest BCUT2D eigenvalue weighted by Gasteiger charge is 2.24. The predicted molar refractivity (Wildman–Crippen MR) is 98.9 cm³/mol. The number of halogens is 2. The average molecular weight is 376 g/mol. The summed E-state index contributed by atoms with van der Waals surface area (Å²) >= 11 is 0. The molecule has 0 bridgehead atoms. The van der Waals surface area contributed by atoms with Crippen LogP contribution >= 0.6 is 0 Å². The SMILES string of the molecule is COc1cc(C(=O)N2CCN(c3ccccc3C)CC2)ccc1OC(F)F. The molecule has 2 aromatic carbocycles. The first-order chi connectivity index (χ1) is 13.0. The number of hydrogen-bond donors (Lipinski definition) is 0. The molecule has 0 unspecified atom stereocenters. The molecule has 0 aromatic heterocycles. The highest BCUT2D eigenvalue weighted by molar-refractivity contribution is 5.95. The first kappa shape index (κ1) is 18.9. The molecule has 3 rings (SSSR count). The third kappa shape index (κ3) is 4.30. The Morgan fingerprint density at radius 3 is 2.37 bits per heavy atom. The van der Waals surface area contributed by atoms with Crippen LogP contribution in [0.5, 0.6) is 11.5 Å². The Morgan fingerprint density at radius 2 is 1.74 bits per heavy atom. The van der Waals surface area contributed by atoms with Gasteiger partial charge in [-0.25, -0.2) is 0 Å². The Morgan fingerprint density at radius 1 is 1.04 bits per heavy atom. The molecule has 1 fully saturated rings. The lowest BCUT2D eigenvalue weighted by Crippen LogP contribution is -2.49. The van der Waals surface area contributed by atoms with Gasteiger partial charge in [0.2, 0.25) is 0 Å². The summed E-state index contributed by atoms with van der Waals surface area (Å²) in [5.74, 6) is -0.130. The van der Waals surface area contributed by atoms with E-state index in [4.69, 9.17) is 4.74 Å². The zero-order valence-corrected chi connectivity index (χ0v) is 15.3. The number of piperazine rings is 1. The van der Waals surface area contributed by atoms with E-state index in [1.165, 1.54) is 36.6 Å². The number of alkyl halides is 2. The molecule has 0 aliphatic carbocycles. The van der Waals surface area contributed by atoms with Gasteiger partial charge in [-0.1, -0.05) is 18.2 Å². The van der Waals surface area contributed by atoms with Gasteiger partial charge in [-0.05, 0) is 36.8 Å². The van der Waals surface area contributed by atoms with Crippen molar-refractivity contribution >= 4 is 11.6 Å². The monoisotopic (exact) mass is 376 g/mol. The second kappa shape index (κ2) is 8.24. The number of anilines is 1. The van der Waals surface area contributed by atoms with Gasteiger partial charge in [0.1, 0.15) is 0 Å². The molecule has 0 N–H and O–H groups in total. The van der Waals surface area contributed by atoms with Crippen molar-refractivity contribution in [2.45, 2.75) is 13.5 Å². The lowest BCUT2D eigenvalue weighted by molar-refractivity contribution is -0.0512. The molecule has 0 spiro atoms. The van der Waals surface area contributed by atoms with Gasteiger partial charge in [-0.15, -0.1) is 0 Å². The second-order valence-electron chi connectivity index (χ2n) is 6.31. The molecule has 0 atom stereocenters. The first-order valence-electron chi connectivity index (χ1n) is 8.72. The van der Waals surface area contributed by atoms with Gasteiger partial charge >= 0.3 is 6.61 Å². The van der Waals surface area contributed by atoms with Crippen molar-refractivity contribution in [3.63, 3.8) is 0 Å². The Balaban J connectivity index is 1.68. The Bertz CT molecular complexity index is 806. The molecule has 1 saturated heterocycles. The van der Waals surface area contributed by atoms with Gasteiger partial charge in [-0.3, -0.25) is 4.79 Å². The van der Waals surface area contributed by atoms with Crippen LogP contribution in [-0.4, -0.2) is 50.7 Å². The molecule has 7 heteroatoms. The molecule has 1 amide bonds. The van der Waals surface area contributed by atoms with Gasteiger partial charge in [-0.2, -0.15) is 8.78 Å². The van der Waals surface area contributed by atoms with Crippen molar-refractivity contribution in [2.24, 2.45) is 0 Å². The molecule has 1 aliphatic rings. The van der Waals surface area contributed by atoms with E-state index in [2.05, 4.69) is 28.7 Å². The maximum absolute atomic E-state index is 12.8. The number of hydrogen-bond acceptors (Lipinski definition) is 4. The van der Waals surface area contributed by atoms with E-state index in [0.717, 1.165) is 13.1 Å². The fraction of sp³-hybridized carbons (Fsp3) is 0.350. The minimum Gasteiger partial charge on any atom is -0.493 e. The minimum absolute atomic E-state index is 0.0894. The predicted octanol–water partition coefficient (Wildman–Crippen LogP) is 3.57. The fourth-order valence-corrected chi connectivity index (χ4v) is 3.25. The normalized spacial score (nSPS) is 14.4. The second-order valence-corrected chi connectivity index (χ2v) is 6.31. The number of carbonyl (C=O) groups excluding carboxylic acids is 1. The number of aryl methyl sites for hydroxylation is 1. The van der Waals surface area contributed by atoms with Crippen molar-refractivity contribution in [1.82, 2.24) is 4.90 Å². The standard InChI is InChI=1S/C20H22F2N2O3/c1-14-5-3-4-6-16(14)23-9-11-24(12-10-23)19(25)15-7-8-17(27-20(21)22)18(13-15)26-2/h3-8,13,20H,9-12H2,1-2H3. The van der Waals surface area contributed by atoms with Crippen molar-refractivity contribution in [2.75, 3.05) is 38.2 Å². The molecular weight excluding hydrogens is 354 g/mol. The number of rotatable bonds is 5. The van der Waals surface area contributed by atoms with Crippen molar-refractivity contribution in [3.8, 4) is 11.5 Å². The number of methoxy groups -OCH3 is 1. The van der Waals surface area contributed by atoms with Gasteiger partial charge in [0.05, 0.1) is 7.11 Å². The molecule has 2 aromatic rings. The van der Waals surface area contributed by atoms with Gasteiger partial charge < -0.3 is 19.3 Å². The number of amides is 1. The third-order valence-electron chi connectivity index (χ3n) is 4.65. The van der Waals surface area contributed by atoms with Crippen LogP contribution in [0.15, 0.2) is 42.5 Å². The maximum Gasteiger partial charge on any atom is 0.387 e. The number of para-hydroxylation sites is 1. The summed E-state index contributed by atoms with van der Waals surface area (Å²) in [7, 11) is 1.35. The van der Waals surface area contributed by atoms with E-state index in [1.54, 1.807) is 4.90 Å². The average Bonchev–Trinajstić information content (AvgIpc) is 2.68. The van der Waals surface area contributed by atoms with Crippen molar-refractivity contribution in [1.29, 1.82) is 0 Å². The van der Waals surface area contributed by atoms with Gasteiger partial charge in [0.25, 0.3) is 5.91 Å². The van der Waals surface area contributed by atoms with Crippen molar-refractivity contribution < 1.29 is 23.0 Å². The minimum atomic E-state index is -2.95. The molecule has 0 saturated carbocycles. The summed E-state index contributed by atoms with van der Waals surface area (Å²) < 4.78 is 34.3. The summed E-state index contributed by atoms with van der Waals surface area (Å²) in [6, 6.07) is 12.4. The van der Waals surface area contributed by atoms with Crippen LogP contribution < -0.4 is 14.4 Å². The van der Waals surface area contributed by atoms with E-state index in [-0.39, 0.29) is 17.4 Å². The number of ether oxygens (including phenoxy) is 2. The van der Waals surface area contributed by atoms with E-state index in [9.17, 15) is 13.6 Å². The maximum atomic E-state index is 12.8. The van der Waals surface area contributed by atoms with Crippen molar-refractivity contribution in [3.05, 3.63) is 53.6 Å². The zero-order valence-electron chi connectivity index (χ0n) is 15.3. The zero-order chi connectivity index (χ0) is 19.4. The molecule has 5 nitrogen and oxygen atoms in total. The Labute approximate surface area is 157 Å². The summed E-state index contributed by atoms with van der Waals surface area (Å²) in [6.45, 7) is 1.77. The quantitative estimate of drug-likeness (QED) is 0.800. The lowest BCUT2D eigenvalue weighted by atomic mass is 10.1. The van der Waals surface area contributed by atoms with E-state index >= 15 is 0 Å². The highest BCUT2D eigenvalue weighted by Crippen LogP contribution is 2.30. The third-order valence-corrected chi connectivity index (χ3v) is 4.65. The molecule has 1 aliphatic heterocycles. The van der Waals surface area contributed by atoms with Crippen LogP contribution in [0.4, 0.5) is 14.5 Å². The Hall–Kier alpha value is -2.83. The van der Waals surface area contributed by atoms with Crippen LogP contribution in [0.3, 0.4) is 0 Å². The molecule has 1 heterocycles. The summed E-state index contributed by atoms with van der Waals surface area (Å²) in [4.78, 5) is 16.8. The van der Waals surface area contributed by atoms with E-state index in [0.29, 0.717) is 18.7 Å². The van der Waals surface area contributed by atoms with E-state index < -0.39 is 6.61 Å². The van der Waals surface area contributed by atoms with Crippen LogP contribution in [0.1, 0.15) is 15.9 Å². The number of nitrogens with zero attached hydrogens (tertiary/aromatic N) is 2. The summed E-state index contributed by atoms with van der Waals surface area (Å²) in [5.41, 5.74) is 2.77. The first-order valence-corrected chi connectivity index (χ1v) is 8.72.